The van der Waals surface area contributed by atoms with Crippen molar-refractivity contribution in [3.63, 3.8) is 0 Å². The van der Waals surface area contributed by atoms with E-state index in [9.17, 15) is 13.2 Å². The van der Waals surface area contributed by atoms with Gasteiger partial charge < -0.3 is 5.32 Å². The lowest BCUT2D eigenvalue weighted by molar-refractivity contribution is -0.137. The van der Waals surface area contributed by atoms with E-state index in [4.69, 9.17) is 11.6 Å². The summed E-state index contributed by atoms with van der Waals surface area (Å²) in [6.45, 7) is 0.772. The average Bonchev–Trinajstić information content (AvgIpc) is 2.42. The van der Waals surface area contributed by atoms with Crippen LogP contribution >= 0.6 is 11.6 Å². The summed E-state index contributed by atoms with van der Waals surface area (Å²) in [5, 5.41) is 3.40. The molecule has 1 nitrogen and oxygen atoms in total. The fraction of sp³-hybridized carbons (Fsp3) is 0.667. The quantitative estimate of drug-likeness (QED) is 0.711. The monoisotopic (exact) mass is 343 g/mol. The molecule has 4 fully saturated rings. The van der Waals surface area contributed by atoms with E-state index < -0.39 is 11.7 Å². The minimum atomic E-state index is -4.36. The van der Waals surface area contributed by atoms with Crippen molar-refractivity contribution >= 4 is 17.3 Å². The summed E-state index contributed by atoms with van der Waals surface area (Å²) in [7, 11) is 0. The van der Waals surface area contributed by atoms with Gasteiger partial charge in [0.05, 0.1) is 5.56 Å². The highest BCUT2D eigenvalue weighted by atomic mass is 35.5. The van der Waals surface area contributed by atoms with Gasteiger partial charge in [0.2, 0.25) is 0 Å². The summed E-state index contributed by atoms with van der Waals surface area (Å²) in [5.74, 6) is 2.52. The minimum absolute atomic E-state index is 0.132. The predicted molar refractivity (Wildman–Crippen MR) is 85.5 cm³/mol. The third-order valence-corrected chi connectivity index (χ3v) is 6.28. The minimum Gasteiger partial charge on any atom is -0.384 e. The molecule has 4 bridgehead atoms. The van der Waals surface area contributed by atoms with Crippen LogP contribution in [0.4, 0.5) is 18.9 Å². The van der Waals surface area contributed by atoms with Gasteiger partial charge in [-0.2, -0.15) is 13.2 Å². The van der Waals surface area contributed by atoms with Crippen molar-refractivity contribution in [2.75, 3.05) is 11.9 Å². The molecule has 5 heteroatoms. The molecule has 1 aromatic carbocycles. The van der Waals surface area contributed by atoms with E-state index in [1.54, 1.807) is 6.07 Å². The Morgan fingerprint density at radius 2 is 1.57 bits per heavy atom. The molecule has 4 aliphatic carbocycles. The number of benzene rings is 1. The molecule has 0 amide bonds. The van der Waals surface area contributed by atoms with Crippen LogP contribution in [0.15, 0.2) is 18.2 Å². The van der Waals surface area contributed by atoms with E-state index in [-0.39, 0.29) is 10.4 Å². The van der Waals surface area contributed by atoms with E-state index in [2.05, 4.69) is 5.32 Å². The van der Waals surface area contributed by atoms with Gasteiger partial charge in [0.15, 0.2) is 0 Å². The molecule has 0 atom stereocenters. The van der Waals surface area contributed by atoms with Crippen LogP contribution in [-0.2, 0) is 6.18 Å². The molecule has 0 aliphatic heterocycles. The van der Waals surface area contributed by atoms with Crippen LogP contribution in [0, 0.1) is 23.2 Å². The third-order valence-electron chi connectivity index (χ3n) is 6.06. The highest BCUT2D eigenvalue weighted by molar-refractivity contribution is 6.30. The summed E-state index contributed by atoms with van der Waals surface area (Å²) in [6.07, 6.45) is 3.45. The van der Waals surface area contributed by atoms with E-state index in [0.29, 0.717) is 5.69 Å². The van der Waals surface area contributed by atoms with E-state index >= 15 is 0 Å². The summed E-state index contributed by atoms with van der Waals surface area (Å²) in [5.41, 5.74) is 0.0914. The molecule has 0 saturated heterocycles. The zero-order chi connectivity index (χ0) is 16.2. The first-order valence-electron chi connectivity index (χ1n) is 8.43. The second kappa shape index (κ2) is 5.30. The van der Waals surface area contributed by atoms with Gasteiger partial charge in [-0.15, -0.1) is 0 Å². The SMILES string of the molecule is FC(F)(F)c1cc(Cl)cc(NCC23CC4CC(CC(C4)C2)C3)c1. The molecule has 23 heavy (non-hydrogen) atoms. The first kappa shape index (κ1) is 15.6. The van der Waals surface area contributed by atoms with E-state index in [0.717, 1.165) is 30.4 Å². The van der Waals surface area contributed by atoms with Gasteiger partial charge >= 0.3 is 6.18 Å². The average molecular weight is 344 g/mol. The lowest BCUT2D eigenvalue weighted by Crippen LogP contribution is -2.49. The second-order valence-corrected chi connectivity index (χ2v) is 8.43. The zero-order valence-corrected chi connectivity index (χ0v) is 13.7. The molecule has 4 aliphatic rings. The molecular weight excluding hydrogens is 323 g/mol. The highest BCUT2D eigenvalue weighted by Crippen LogP contribution is 2.59. The summed E-state index contributed by atoms with van der Waals surface area (Å²) in [4.78, 5) is 0. The number of anilines is 1. The second-order valence-electron chi connectivity index (χ2n) is 8.00. The maximum Gasteiger partial charge on any atom is 0.416 e. The predicted octanol–water partition coefficient (Wildman–Crippen LogP) is 5.99. The summed E-state index contributed by atoms with van der Waals surface area (Å²) < 4.78 is 38.7. The van der Waals surface area contributed by atoms with Crippen molar-refractivity contribution in [1.29, 1.82) is 0 Å². The van der Waals surface area contributed by atoms with Crippen molar-refractivity contribution < 1.29 is 13.2 Å². The van der Waals surface area contributed by atoms with Crippen molar-refractivity contribution in [1.82, 2.24) is 0 Å². The molecule has 126 valence electrons. The Hall–Kier alpha value is -0.900. The molecule has 5 rings (SSSR count). The first-order chi connectivity index (χ1) is 10.8. The lowest BCUT2D eigenvalue weighted by Gasteiger charge is -2.57. The van der Waals surface area contributed by atoms with Crippen molar-refractivity contribution in [2.24, 2.45) is 23.2 Å². The fourth-order valence-corrected chi connectivity index (χ4v) is 5.89. The number of nitrogens with one attached hydrogen (secondary N) is 1. The Bertz CT molecular complexity index is 575. The molecule has 1 aromatic rings. The normalized spacial score (nSPS) is 35.6. The lowest BCUT2D eigenvalue weighted by atomic mass is 9.49. The van der Waals surface area contributed by atoms with Gasteiger partial charge in [0, 0.05) is 17.3 Å². The van der Waals surface area contributed by atoms with Gasteiger partial charge in [0.25, 0.3) is 0 Å². The number of rotatable bonds is 3. The Kier molecular flexibility index (Phi) is 3.60. The molecule has 0 spiro atoms. The standard InChI is InChI=1S/C18H21ClF3N/c19-15-4-14(18(20,21)22)5-16(6-15)23-10-17-7-11-1-12(8-17)3-13(2-11)9-17/h4-6,11-13,23H,1-3,7-10H2. The largest absolute Gasteiger partial charge is 0.416 e. The van der Waals surface area contributed by atoms with Crippen LogP contribution in [0.2, 0.25) is 5.02 Å². The molecule has 4 saturated carbocycles. The Labute approximate surface area is 139 Å². The summed E-state index contributed by atoms with van der Waals surface area (Å²) >= 11 is 5.87. The molecule has 0 radical (unpaired) electrons. The Balaban J connectivity index is 1.50. The van der Waals surface area contributed by atoms with Gasteiger partial charge in [-0.05, 0) is 79.9 Å². The van der Waals surface area contributed by atoms with Crippen LogP contribution in [0.5, 0.6) is 0 Å². The molecule has 1 N–H and O–H groups in total. The topological polar surface area (TPSA) is 12.0 Å². The van der Waals surface area contributed by atoms with Crippen LogP contribution in [0.1, 0.15) is 44.1 Å². The Morgan fingerprint density at radius 1 is 1.00 bits per heavy atom. The van der Waals surface area contributed by atoms with E-state index in [1.807, 2.05) is 0 Å². The zero-order valence-electron chi connectivity index (χ0n) is 12.9. The number of alkyl halides is 3. The number of halogens is 4. The third kappa shape index (κ3) is 3.07. The van der Waals surface area contributed by atoms with E-state index in [1.165, 1.54) is 44.6 Å². The van der Waals surface area contributed by atoms with Gasteiger partial charge in [-0.1, -0.05) is 11.6 Å². The maximum atomic E-state index is 12.9. The van der Waals surface area contributed by atoms with Crippen molar-refractivity contribution in [3.8, 4) is 0 Å². The smallest absolute Gasteiger partial charge is 0.384 e. The number of hydrogen-bond donors (Lipinski definition) is 1. The fourth-order valence-electron chi connectivity index (χ4n) is 5.65. The molecule has 0 unspecified atom stereocenters. The number of hydrogen-bond acceptors (Lipinski definition) is 1. The van der Waals surface area contributed by atoms with Crippen molar-refractivity contribution in [2.45, 2.75) is 44.7 Å². The highest BCUT2D eigenvalue weighted by Gasteiger charge is 2.50. The maximum absolute atomic E-state index is 12.9. The van der Waals surface area contributed by atoms with Gasteiger partial charge in [-0.3, -0.25) is 0 Å². The molecule has 0 aromatic heterocycles. The van der Waals surface area contributed by atoms with Crippen LogP contribution < -0.4 is 5.32 Å². The van der Waals surface area contributed by atoms with Crippen LogP contribution in [-0.4, -0.2) is 6.54 Å². The van der Waals surface area contributed by atoms with Crippen LogP contribution in [0.3, 0.4) is 0 Å². The van der Waals surface area contributed by atoms with Crippen molar-refractivity contribution in [3.05, 3.63) is 28.8 Å². The summed E-state index contributed by atoms with van der Waals surface area (Å²) in [6, 6.07) is 3.75. The Morgan fingerprint density at radius 3 is 2.09 bits per heavy atom. The molecular formula is C18H21ClF3N. The van der Waals surface area contributed by atoms with Gasteiger partial charge in [0.1, 0.15) is 0 Å². The van der Waals surface area contributed by atoms with Crippen LogP contribution in [0.25, 0.3) is 0 Å². The van der Waals surface area contributed by atoms with Gasteiger partial charge in [-0.25, -0.2) is 0 Å². The molecule has 0 heterocycles. The first-order valence-corrected chi connectivity index (χ1v) is 8.81.